The monoisotopic (exact) mass is 449 g/mol. The molecule has 1 saturated carbocycles. The first-order valence-electron chi connectivity index (χ1n) is 12.1. The maximum absolute atomic E-state index is 11.5. The second-order valence-electron chi connectivity index (χ2n) is 9.91. The van der Waals surface area contributed by atoms with Crippen LogP contribution in [0.2, 0.25) is 0 Å². The lowest BCUT2D eigenvalue weighted by atomic mass is 9.88. The minimum Gasteiger partial charge on any atom is -0.478 e. The number of amides is 1. The quantitative estimate of drug-likeness (QED) is 0.656. The van der Waals surface area contributed by atoms with Crippen LogP contribution in [0.1, 0.15) is 73.4 Å². The molecule has 2 aliphatic heterocycles. The fraction of sp³-hybridized carbons (Fsp3) is 0.500. The number of likely N-dealkylation sites (tertiary alicyclic amines) is 1. The first kappa shape index (κ1) is 23.5. The molecule has 2 atom stereocenters. The van der Waals surface area contributed by atoms with Gasteiger partial charge in [-0.3, -0.25) is 4.79 Å². The average molecular weight is 450 g/mol. The lowest BCUT2D eigenvalue weighted by molar-refractivity contribution is -0.130. The van der Waals surface area contributed by atoms with Crippen molar-refractivity contribution < 1.29 is 19.4 Å². The first-order valence-corrected chi connectivity index (χ1v) is 12.1. The third-order valence-corrected chi connectivity index (χ3v) is 7.66. The molecule has 5 heteroatoms. The highest BCUT2D eigenvalue weighted by molar-refractivity contribution is 5.90. The molecule has 2 unspecified atom stereocenters. The van der Waals surface area contributed by atoms with E-state index in [-0.39, 0.29) is 5.91 Å². The van der Waals surface area contributed by atoms with E-state index in [0.717, 1.165) is 49.2 Å². The van der Waals surface area contributed by atoms with Crippen LogP contribution in [0.3, 0.4) is 0 Å². The number of rotatable bonds is 3. The number of piperidine rings is 1. The van der Waals surface area contributed by atoms with Gasteiger partial charge in [-0.1, -0.05) is 30.3 Å². The number of carbonyl (C=O) groups is 2. The second kappa shape index (κ2) is 9.68. The summed E-state index contributed by atoms with van der Waals surface area (Å²) in [6.45, 7) is 8.53. The van der Waals surface area contributed by atoms with Crippen LogP contribution in [-0.4, -0.2) is 47.7 Å². The Morgan fingerprint density at radius 2 is 1.79 bits per heavy atom. The fourth-order valence-corrected chi connectivity index (χ4v) is 5.34. The third kappa shape index (κ3) is 5.30. The molecule has 2 saturated heterocycles. The Bertz CT molecular complexity index is 999. The van der Waals surface area contributed by atoms with Crippen molar-refractivity contribution >= 4 is 11.9 Å². The number of carboxylic acid groups (broad SMARTS) is 1. The normalized spacial score (nSPS) is 23.1. The van der Waals surface area contributed by atoms with Crippen molar-refractivity contribution in [2.45, 2.75) is 64.9 Å². The smallest absolute Gasteiger partial charge is 0.335 e. The summed E-state index contributed by atoms with van der Waals surface area (Å²) in [6.07, 6.45) is 6.48. The van der Waals surface area contributed by atoms with Gasteiger partial charge in [-0.15, -0.1) is 0 Å². The summed E-state index contributed by atoms with van der Waals surface area (Å²) in [5.74, 6) is -0.123. The Morgan fingerprint density at radius 3 is 2.30 bits per heavy atom. The van der Waals surface area contributed by atoms with E-state index in [9.17, 15) is 14.7 Å². The SMILES string of the molecule is CC(=O)N1CCC2(CC1)CC2c1ccc(-c2cc(C(=O)O)ccc2C)cc1.CC1CCCO1. The van der Waals surface area contributed by atoms with E-state index in [1.807, 2.05) is 17.9 Å². The molecule has 2 aromatic rings. The maximum Gasteiger partial charge on any atom is 0.335 e. The minimum atomic E-state index is -0.898. The average Bonchev–Trinajstić information content (AvgIpc) is 3.27. The summed E-state index contributed by atoms with van der Waals surface area (Å²) in [5.41, 5.74) is 5.17. The van der Waals surface area contributed by atoms with Crippen molar-refractivity contribution in [1.29, 1.82) is 0 Å². The molecule has 1 aliphatic carbocycles. The van der Waals surface area contributed by atoms with Crippen LogP contribution in [0.25, 0.3) is 11.1 Å². The number of hydrogen-bond donors (Lipinski definition) is 1. The van der Waals surface area contributed by atoms with Gasteiger partial charge >= 0.3 is 5.97 Å². The summed E-state index contributed by atoms with van der Waals surface area (Å²) < 4.78 is 5.15. The van der Waals surface area contributed by atoms with Crippen LogP contribution >= 0.6 is 0 Å². The molecule has 0 aromatic heterocycles. The molecule has 0 radical (unpaired) electrons. The van der Waals surface area contributed by atoms with E-state index in [0.29, 0.717) is 23.0 Å². The Labute approximate surface area is 196 Å². The van der Waals surface area contributed by atoms with Crippen molar-refractivity contribution in [2.24, 2.45) is 5.41 Å². The molecular formula is C28H35NO4. The van der Waals surface area contributed by atoms with Gasteiger partial charge in [0, 0.05) is 26.6 Å². The highest BCUT2D eigenvalue weighted by atomic mass is 16.5. The lowest BCUT2D eigenvalue weighted by Crippen LogP contribution is -2.38. The minimum absolute atomic E-state index is 0.186. The molecule has 33 heavy (non-hydrogen) atoms. The Morgan fingerprint density at radius 1 is 1.09 bits per heavy atom. The molecule has 1 N–H and O–H groups in total. The Hall–Kier alpha value is -2.66. The van der Waals surface area contributed by atoms with Gasteiger partial charge in [-0.25, -0.2) is 4.79 Å². The number of ether oxygens (including phenoxy) is 1. The number of aromatic carboxylic acids is 1. The summed E-state index contributed by atoms with van der Waals surface area (Å²) in [4.78, 5) is 24.8. The zero-order valence-corrected chi connectivity index (χ0v) is 20.0. The number of aryl methyl sites for hydroxylation is 1. The van der Waals surface area contributed by atoms with E-state index < -0.39 is 5.97 Å². The van der Waals surface area contributed by atoms with Gasteiger partial charge in [0.1, 0.15) is 0 Å². The Kier molecular flexibility index (Phi) is 6.89. The van der Waals surface area contributed by atoms with E-state index >= 15 is 0 Å². The number of carboxylic acids is 1. The highest BCUT2D eigenvalue weighted by Crippen LogP contribution is 2.64. The molecule has 176 valence electrons. The fourth-order valence-electron chi connectivity index (χ4n) is 5.34. The van der Waals surface area contributed by atoms with E-state index in [4.69, 9.17) is 4.74 Å². The molecule has 3 fully saturated rings. The predicted octanol–water partition coefficient (Wildman–Crippen LogP) is 5.66. The van der Waals surface area contributed by atoms with Crippen LogP contribution in [0.4, 0.5) is 0 Å². The summed E-state index contributed by atoms with van der Waals surface area (Å²) in [5, 5.41) is 9.24. The van der Waals surface area contributed by atoms with Crippen LogP contribution in [0, 0.1) is 12.3 Å². The molecule has 5 rings (SSSR count). The van der Waals surface area contributed by atoms with E-state index in [1.165, 1.54) is 24.8 Å². The van der Waals surface area contributed by atoms with Crippen molar-refractivity contribution in [2.75, 3.05) is 19.7 Å². The van der Waals surface area contributed by atoms with Gasteiger partial charge in [0.15, 0.2) is 0 Å². The topological polar surface area (TPSA) is 66.8 Å². The first-order chi connectivity index (χ1) is 15.8. The van der Waals surface area contributed by atoms with E-state index in [1.54, 1.807) is 19.1 Å². The van der Waals surface area contributed by atoms with Crippen molar-refractivity contribution in [3.63, 3.8) is 0 Å². The maximum atomic E-state index is 11.5. The molecule has 1 amide bonds. The summed E-state index contributed by atoms with van der Waals surface area (Å²) >= 11 is 0. The molecule has 1 spiro atoms. The van der Waals surface area contributed by atoms with Gasteiger partial charge in [-0.2, -0.15) is 0 Å². The molecule has 2 aromatic carbocycles. The zero-order chi connectivity index (χ0) is 23.6. The second-order valence-corrected chi connectivity index (χ2v) is 9.91. The number of hydrogen-bond acceptors (Lipinski definition) is 3. The molecular weight excluding hydrogens is 414 g/mol. The van der Waals surface area contributed by atoms with E-state index in [2.05, 4.69) is 31.2 Å². The number of benzene rings is 2. The zero-order valence-electron chi connectivity index (χ0n) is 20.0. The molecule has 2 heterocycles. The molecule has 0 bridgehead atoms. The summed E-state index contributed by atoms with van der Waals surface area (Å²) in [6, 6.07) is 13.9. The van der Waals surface area contributed by atoms with Crippen molar-refractivity contribution in [3.05, 3.63) is 59.2 Å². The van der Waals surface area contributed by atoms with Crippen molar-refractivity contribution in [3.8, 4) is 11.1 Å². The van der Waals surface area contributed by atoms with Crippen LogP contribution in [0.5, 0.6) is 0 Å². The largest absolute Gasteiger partial charge is 0.478 e. The predicted molar refractivity (Wildman–Crippen MR) is 130 cm³/mol. The van der Waals surface area contributed by atoms with Gasteiger partial charge < -0.3 is 14.7 Å². The third-order valence-electron chi connectivity index (χ3n) is 7.66. The molecule has 3 aliphatic rings. The van der Waals surface area contributed by atoms with Crippen molar-refractivity contribution in [1.82, 2.24) is 4.90 Å². The van der Waals surface area contributed by atoms with Gasteiger partial charge in [0.25, 0.3) is 0 Å². The highest BCUT2D eigenvalue weighted by Gasteiger charge is 2.55. The molecule has 5 nitrogen and oxygen atoms in total. The van der Waals surface area contributed by atoms with Crippen LogP contribution in [-0.2, 0) is 9.53 Å². The van der Waals surface area contributed by atoms with Gasteiger partial charge in [-0.05, 0) is 91.7 Å². The standard InChI is InChI=1S/C23H25NO3.C5H10O/c1-15-3-4-19(22(26)27)13-20(15)17-5-7-18(8-6-17)21-14-23(21)9-11-24(12-10-23)16(2)25;1-5-3-2-4-6-5/h3-8,13,21H,9-12,14H2,1-2H3,(H,26,27);5H,2-4H2,1H3. The lowest BCUT2D eigenvalue weighted by Gasteiger charge is -2.32. The van der Waals surface area contributed by atoms with Crippen LogP contribution < -0.4 is 0 Å². The number of carbonyl (C=O) groups excluding carboxylic acids is 1. The van der Waals surface area contributed by atoms with Gasteiger partial charge in [0.05, 0.1) is 11.7 Å². The van der Waals surface area contributed by atoms with Crippen LogP contribution in [0.15, 0.2) is 42.5 Å². The Balaban J connectivity index is 0.000000376. The summed E-state index contributed by atoms with van der Waals surface area (Å²) in [7, 11) is 0. The van der Waals surface area contributed by atoms with Gasteiger partial charge in [0.2, 0.25) is 5.91 Å². The number of nitrogens with zero attached hydrogens (tertiary/aromatic N) is 1.